The van der Waals surface area contributed by atoms with Crippen LogP contribution in [0.3, 0.4) is 0 Å². The zero-order chi connectivity index (χ0) is 35.7. The number of carbonyl (C=O) groups is 3. The van der Waals surface area contributed by atoms with E-state index in [4.69, 9.17) is 13.8 Å². The van der Waals surface area contributed by atoms with E-state index < -0.39 is 57.6 Å². The van der Waals surface area contributed by atoms with Crippen molar-refractivity contribution in [3.63, 3.8) is 0 Å². The van der Waals surface area contributed by atoms with Crippen molar-refractivity contribution in [3.05, 3.63) is 36.5 Å². The highest BCUT2D eigenvalue weighted by Gasteiger charge is 2.28. The van der Waals surface area contributed by atoms with Crippen LogP contribution in [0.1, 0.15) is 142 Å². The van der Waals surface area contributed by atoms with Crippen LogP contribution in [-0.2, 0) is 32.7 Å². The van der Waals surface area contributed by atoms with Crippen molar-refractivity contribution in [2.45, 2.75) is 154 Å². The van der Waals surface area contributed by atoms with Crippen molar-refractivity contribution < 1.29 is 47.8 Å². The van der Waals surface area contributed by atoms with E-state index in [2.05, 4.69) is 55.6 Å². The normalized spacial score (nSPS) is 14.4. The number of allylic oxidation sites excluding steroid dienone is 6. The minimum Gasteiger partial charge on any atom is -0.480 e. The van der Waals surface area contributed by atoms with Crippen molar-refractivity contribution in [1.82, 2.24) is 5.32 Å². The average molecular weight is 702 g/mol. The Bertz CT molecular complexity index is 968. The fourth-order valence-electron chi connectivity index (χ4n) is 4.62. The number of carboxylic acids is 1. The highest BCUT2D eigenvalue weighted by molar-refractivity contribution is 7.47. The summed E-state index contributed by atoms with van der Waals surface area (Å²) in [6.45, 7) is 2.41. The molecule has 12 heteroatoms. The van der Waals surface area contributed by atoms with Gasteiger partial charge in [-0.25, -0.2) is 9.36 Å². The molecule has 3 unspecified atom stereocenters. The van der Waals surface area contributed by atoms with E-state index in [1.165, 1.54) is 44.9 Å². The zero-order valence-corrected chi connectivity index (χ0v) is 30.4. The summed E-state index contributed by atoms with van der Waals surface area (Å²) in [6, 6.07) is -1.56. The molecule has 48 heavy (non-hydrogen) atoms. The molecule has 0 fully saturated rings. The second-order valence-electron chi connectivity index (χ2n) is 12.0. The molecular formula is C36H64NO10P. The van der Waals surface area contributed by atoms with Gasteiger partial charge in [0.15, 0.2) is 6.04 Å². The Morgan fingerprint density at radius 3 is 1.81 bits per heavy atom. The topological polar surface area (TPSA) is 169 Å². The maximum absolute atomic E-state index is 12.2. The first-order valence-corrected chi connectivity index (χ1v) is 19.5. The van der Waals surface area contributed by atoms with Gasteiger partial charge in [0, 0.05) is 12.8 Å². The summed E-state index contributed by atoms with van der Waals surface area (Å²) >= 11 is 0. The SMILES string of the molecule is CC/C=C\C/C=C\C/C=C\CCCCCC(=O)NC(COP(=O)(O)OCC(O)COC(=O)CCCCCCCCCCCCC)C(=O)O. The molecule has 278 valence electrons. The maximum Gasteiger partial charge on any atom is 0.472 e. The first kappa shape index (κ1) is 45.7. The van der Waals surface area contributed by atoms with Gasteiger partial charge in [-0.15, -0.1) is 0 Å². The van der Waals surface area contributed by atoms with Gasteiger partial charge in [0.25, 0.3) is 0 Å². The van der Waals surface area contributed by atoms with E-state index in [-0.39, 0.29) is 12.8 Å². The van der Waals surface area contributed by atoms with Gasteiger partial charge in [-0.3, -0.25) is 18.6 Å². The van der Waals surface area contributed by atoms with Gasteiger partial charge >= 0.3 is 19.8 Å². The number of carbonyl (C=O) groups excluding carboxylic acids is 2. The Balaban J connectivity index is 4.05. The summed E-state index contributed by atoms with van der Waals surface area (Å²) in [5.41, 5.74) is 0. The van der Waals surface area contributed by atoms with Crippen LogP contribution < -0.4 is 5.32 Å². The summed E-state index contributed by atoms with van der Waals surface area (Å²) in [7, 11) is -4.75. The number of rotatable bonds is 33. The Kier molecular flexibility index (Phi) is 30.4. The molecular weight excluding hydrogens is 637 g/mol. The Labute approximate surface area is 289 Å². The number of phosphoric acid groups is 1. The van der Waals surface area contributed by atoms with Gasteiger partial charge < -0.3 is 25.2 Å². The second-order valence-corrected chi connectivity index (χ2v) is 13.5. The Morgan fingerprint density at radius 2 is 1.21 bits per heavy atom. The van der Waals surface area contributed by atoms with Gasteiger partial charge in [0.2, 0.25) is 5.91 Å². The van der Waals surface area contributed by atoms with Crippen molar-refractivity contribution in [3.8, 4) is 0 Å². The van der Waals surface area contributed by atoms with Crippen LogP contribution in [0.5, 0.6) is 0 Å². The smallest absolute Gasteiger partial charge is 0.472 e. The summed E-state index contributed by atoms with van der Waals surface area (Å²) in [4.78, 5) is 45.6. The number of aliphatic hydroxyl groups is 1. The van der Waals surface area contributed by atoms with E-state index in [1.807, 2.05) is 0 Å². The molecule has 1 amide bonds. The number of aliphatic carboxylic acids is 1. The Morgan fingerprint density at radius 1 is 0.688 bits per heavy atom. The lowest BCUT2D eigenvalue weighted by molar-refractivity contribution is -0.147. The third kappa shape index (κ3) is 31.0. The monoisotopic (exact) mass is 701 g/mol. The number of aliphatic hydroxyl groups excluding tert-OH is 1. The predicted octanol–water partition coefficient (Wildman–Crippen LogP) is 8.10. The second kappa shape index (κ2) is 31.9. The first-order valence-electron chi connectivity index (χ1n) is 18.0. The fraction of sp³-hybridized carbons (Fsp3) is 0.750. The van der Waals surface area contributed by atoms with Crippen LogP contribution in [0.2, 0.25) is 0 Å². The van der Waals surface area contributed by atoms with E-state index in [0.29, 0.717) is 12.8 Å². The molecule has 0 aliphatic carbocycles. The minimum absolute atomic E-state index is 0.110. The van der Waals surface area contributed by atoms with Gasteiger partial charge in [-0.2, -0.15) is 0 Å². The predicted molar refractivity (Wildman–Crippen MR) is 189 cm³/mol. The first-order chi connectivity index (χ1) is 23.1. The largest absolute Gasteiger partial charge is 0.480 e. The molecule has 0 spiro atoms. The fourth-order valence-corrected chi connectivity index (χ4v) is 5.39. The number of hydrogen-bond donors (Lipinski definition) is 4. The molecule has 11 nitrogen and oxygen atoms in total. The number of carboxylic acid groups (broad SMARTS) is 1. The zero-order valence-electron chi connectivity index (χ0n) is 29.5. The van der Waals surface area contributed by atoms with Crippen molar-refractivity contribution in [1.29, 1.82) is 0 Å². The number of phosphoric ester groups is 1. The van der Waals surface area contributed by atoms with Crippen LogP contribution in [0.15, 0.2) is 36.5 Å². The molecule has 0 bridgehead atoms. The van der Waals surface area contributed by atoms with Crippen LogP contribution in [0.4, 0.5) is 0 Å². The summed E-state index contributed by atoms with van der Waals surface area (Å²) in [5, 5.41) is 21.7. The highest BCUT2D eigenvalue weighted by Crippen LogP contribution is 2.43. The van der Waals surface area contributed by atoms with E-state index in [9.17, 15) is 34.1 Å². The number of amides is 1. The van der Waals surface area contributed by atoms with Gasteiger partial charge in [0.05, 0.1) is 13.2 Å². The van der Waals surface area contributed by atoms with Crippen LogP contribution in [-0.4, -0.2) is 64.9 Å². The maximum atomic E-state index is 12.2. The molecule has 0 aromatic rings. The standard InChI is InChI=1S/C36H64NO10P/c1-3-5-7-9-11-13-15-16-18-19-21-23-25-27-34(39)37-33(36(41)42)31-47-48(43,44)46-30-32(38)29-45-35(40)28-26-24-22-20-17-14-12-10-8-6-4-2/h5,7,11,13,16,18,32-33,38H,3-4,6,8-10,12,14-15,17,19-31H2,1-2H3,(H,37,39)(H,41,42)(H,43,44)/b7-5-,13-11-,18-16-. The molecule has 0 saturated heterocycles. The van der Waals surface area contributed by atoms with Crippen LogP contribution in [0.25, 0.3) is 0 Å². The molecule has 0 aliphatic heterocycles. The number of ether oxygens (including phenoxy) is 1. The van der Waals surface area contributed by atoms with Crippen molar-refractivity contribution in [2.75, 3.05) is 19.8 Å². The third-order valence-corrected chi connectivity index (χ3v) is 8.39. The summed E-state index contributed by atoms with van der Waals surface area (Å²) in [5.74, 6) is -2.42. The highest BCUT2D eigenvalue weighted by atomic mass is 31.2. The molecule has 3 atom stereocenters. The van der Waals surface area contributed by atoms with Gasteiger partial charge in [-0.1, -0.05) is 121 Å². The minimum atomic E-state index is -4.75. The van der Waals surface area contributed by atoms with E-state index in [1.54, 1.807) is 0 Å². The number of nitrogens with one attached hydrogen (secondary N) is 1. The molecule has 0 saturated carbocycles. The van der Waals surface area contributed by atoms with Crippen LogP contribution in [0, 0.1) is 0 Å². The number of unbranched alkanes of at least 4 members (excludes halogenated alkanes) is 13. The molecule has 0 rings (SSSR count). The number of esters is 1. The summed E-state index contributed by atoms with van der Waals surface area (Å²) in [6.07, 6.45) is 30.5. The van der Waals surface area contributed by atoms with Crippen molar-refractivity contribution >= 4 is 25.7 Å². The lowest BCUT2D eigenvalue weighted by atomic mass is 10.1. The quantitative estimate of drug-likeness (QED) is 0.0227. The molecule has 0 heterocycles. The molecule has 0 radical (unpaired) electrons. The lowest BCUT2D eigenvalue weighted by Crippen LogP contribution is -2.43. The number of hydrogen-bond acceptors (Lipinski definition) is 8. The van der Waals surface area contributed by atoms with Gasteiger partial charge in [0.1, 0.15) is 12.7 Å². The third-order valence-electron chi connectivity index (χ3n) is 7.44. The molecule has 0 aliphatic rings. The Hall–Kier alpha value is -2.30. The van der Waals surface area contributed by atoms with E-state index in [0.717, 1.165) is 57.8 Å². The van der Waals surface area contributed by atoms with Crippen LogP contribution >= 0.6 is 7.82 Å². The average Bonchev–Trinajstić information content (AvgIpc) is 3.05. The molecule has 0 aromatic carbocycles. The van der Waals surface area contributed by atoms with E-state index >= 15 is 0 Å². The molecule has 0 aromatic heterocycles. The lowest BCUT2D eigenvalue weighted by Gasteiger charge is -2.18. The molecule has 4 N–H and O–H groups in total. The van der Waals surface area contributed by atoms with Crippen molar-refractivity contribution in [2.24, 2.45) is 0 Å². The summed E-state index contributed by atoms with van der Waals surface area (Å²) < 4.78 is 26.6. The van der Waals surface area contributed by atoms with Gasteiger partial charge in [-0.05, 0) is 44.9 Å².